The highest BCUT2D eigenvalue weighted by atomic mass is 32.2. The second-order valence-corrected chi connectivity index (χ2v) is 10.2. The largest absolute Gasteiger partial charge is 0.344 e. The molecule has 0 aliphatic carbocycles. The molecule has 158 valence electrons. The zero-order valence-electron chi connectivity index (χ0n) is 16.8. The number of likely N-dealkylation sites (tertiary alicyclic amines) is 1. The minimum Gasteiger partial charge on any atom is -0.344 e. The average molecular weight is 422 g/mol. The smallest absolute Gasteiger partial charge is 0.244 e. The summed E-state index contributed by atoms with van der Waals surface area (Å²) in [6.07, 6.45) is 0.126. The first-order chi connectivity index (χ1) is 13.6. The predicted molar refractivity (Wildman–Crippen MR) is 108 cm³/mol. The molecule has 8 nitrogen and oxygen atoms in total. The molecule has 2 atom stereocenters. The van der Waals surface area contributed by atoms with E-state index in [4.69, 9.17) is 0 Å². The second-order valence-electron chi connectivity index (χ2n) is 7.87. The summed E-state index contributed by atoms with van der Waals surface area (Å²) in [6, 6.07) is 7.15. The molecule has 29 heavy (non-hydrogen) atoms. The summed E-state index contributed by atoms with van der Waals surface area (Å²) < 4.78 is 23.0. The Bertz CT molecular complexity index is 883. The van der Waals surface area contributed by atoms with Crippen LogP contribution in [0.3, 0.4) is 0 Å². The number of rotatable bonds is 5. The lowest BCUT2D eigenvalue weighted by Crippen LogP contribution is -2.52. The van der Waals surface area contributed by atoms with Gasteiger partial charge in [-0.3, -0.25) is 14.4 Å². The lowest BCUT2D eigenvalue weighted by atomic mass is 10.1. The highest BCUT2D eigenvalue weighted by molar-refractivity contribution is 7.91. The quantitative estimate of drug-likeness (QED) is 0.727. The third-order valence-corrected chi connectivity index (χ3v) is 7.07. The minimum absolute atomic E-state index is 0.0511. The van der Waals surface area contributed by atoms with Gasteiger partial charge in [0.15, 0.2) is 9.84 Å². The van der Waals surface area contributed by atoms with E-state index in [9.17, 15) is 22.8 Å². The lowest BCUT2D eigenvalue weighted by molar-refractivity contribution is -0.136. The van der Waals surface area contributed by atoms with Crippen molar-refractivity contribution in [2.45, 2.75) is 32.9 Å². The molecule has 1 N–H and O–H groups in total. The van der Waals surface area contributed by atoms with Crippen LogP contribution in [-0.4, -0.2) is 73.1 Å². The van der Waals surface area contributed by atoms with Crippen LogP contribution in [0.25, 0.3) is 0 Å². The first-order valence-electron chi connectivity index (χ1n) is 9.77. The van der Waals surface area contributed by atoms with Crippen molar-refractivity contribution in [3.05, 3.63) is 35.4 Å². The molecule has 2 unspecified atom stereocenters. The number of hydrogen-bond donors (Lipinski definition) is 1. The molecule has 2 fully saturated rings. The molecule has 9 heteroatoms. The number of nitrogens with zero attached hydrogens (tertiary/aromatic N) is 2. The Balaban J connectivity index is 1.52. The Kier molecular flexibility index (Phi) is 6.26. The number of nitrogens with one attached hydrogen (secondary N) is 1. The van der Waals surface area contributed by atoms with Crippen LogP contribution in [-0.2, 0) is 30.8 Å². The lowest BCUT2D eigenvalue weighted by Gasteiger charge is -2.29. The van der Waals surface area contributed by atoms with E-state index < -0.39 is 21.8 Å². The Morgan fingerprint density at radius 1 is 1.17 bits per heavy atom. The van der Waals surface area contributed by atoms with E-state index in [1.54, 1.807) is 11.8 Å². The monoisotopic (exact) mass is 421 g/mol. The van der Waals surface area contributed by atoms with Gasteiger partial charge < -0.3 is 15.1 Å². The van der Waals surface area contributed by atoms with Gasteiger partial charge in [0.05, 0.1) is 17.4 Å². The molecule has 3 amide bonds. The first kappa shape index (κ1) is 21.3. The maximum atomic E-state index is 12.6. The van der Waals surface area contributed by atoms with Crippen molar-refractivity contribution >= 4 is 27.6 Å². The van der Waals surface area contributed by atoms with Crippen LogP contribution in [0.2, 0.25) is 0 Å². The molecular weight excluding hydrogens is 394 g/mol. The van der Waals surface area contributed by atoms with Crippen LogP contribution in [0.1, 0.15) is 24.5 Å². The molecule has 1 aromatic carbocycles. The third-order valence-electron chi connectivity index (χ3n) is 5.46. The van der Waals surface area contributed by atoms with Crippen molar-refractivity contribution in [3.8, 4) is 0 Å². The standard InChI is InChI=1S/C20H27N3O5S/c1-14-3-5-16(6-4-14)12-23-13-17(11-18(23)24)19(25)21-15(2)20(26)22-7-9-29(27,28)10-8-22/h3-6,15,17H,7-13H2,1-2H3,(H,21,25). The summed E-state index contributed by atoms with van der Waals surface area (Å²) in [7, 11) is -3.08. The number of carbonyl (C=O) groups excluding carboxylic acids is 3. The van der Waals surface area contributed by atoms with E-state index in [0.717, 1.165) is 11.1 Å². The van der Waals surface area contributed by atoms with E-state index in [1.807, 2.05) is 31.2 Å². The number of aryl methyl sites for hydroxylation is 1. The van der Waals surface area contributed by atoms with Gasteiger partial charge >= 0.3 is 0 Å². The molecule has 1 aromatic rings. The molecule has 2 heterocycles. The van der Waals surface area contributed by atoms with Crippen molar-refractivity contribution in [1.29, 1.82) is 0 Å². The second kappa shape index (κ2) is 8.52. The molecule has 3 rings (SSSR count). The molecule has 0 bridgehead atoms. The molecule has 2 saturated heterocycles. The van der Waals surface area contributed by atoms with Crippen LogP contribution >= 0.6 is 0 Å². The van der Waals surface area contributed by atoms with Crippen LogP contribution in [0.15, 0.2) is 24.3 Å². The van der Waals surface area contributed by atoms with Crippen molar-refractivity contribution in [3.63, 3.8) is 0 Å². The molecule has 0 radical (unpaired) electrons. The maximum absolute atomic E-state index is 12.6. The van der Waals surface area contributed by atoms with Gasteiger partial charge in [-0.15, -0.1) is 0 Å². The Morgan fingerprint density at radius 2 is 1.79 bits per heavy atom. The average Bonchev–Trinajstić information content (AvgIpc) is 3.03. The van der Waals surface area contributed by atoms with Crippen LogP contribution in [0.4, 0.5) is 0 Å². The van der Waals surface area contributed by atoms with Gasteiger partial charge in [0.1, 0.15) is 6.04 Å². The Labute approximate surface area is 171 Å². The minimum atomic E-state index is -3.08. The molecule has 0 saturated carbocycles. The SMILES string of the molecule is Cc1ccc(CN2CC(C(=O)NC(C)C(=O)N3CCS(=O)(=O)CC3)CC2=O)cc1. The summed E-state index contributed by atoms with van der Waals surface area (Å²) in [6.45, 7) is 4.66. The summed E-state index contributed by atoms with van der Waals surface area (Å²) in [5.74, 6) is -1.30. The molecule has 2 aliphatic heterocycles. The molecular formula is C20H27N3O5S. The van der Waals surface area contributed by atoms with Gasteiger partial charge in [-0.25, -0.2) is 8.42 Å². The van der Waals surface area contributed by atoms with Crippen LogP contribution in [0.5, 0.6) is 0 Å². The summed E-state index contributed by atoms with van der Waals surface area (Å²) in [5.41, 5.74) is 2.15. The van der Waals surface area contributed by atoms with Crippen molar-refractivity contribution in [1.82, 2.24) is 15.1 Å². The zero-order valence-corrected chi connectivity index (χ0v) is 17.6. The predicted octanol–water partition coefficient (Wildman–Crippen LogP) is 0.105. The van der Waals surface area contributed by atoms with Gasteiger partial charge in [0, 0.05) is 32.6 Å². The van der Waals surface area contributed by atoms with Crippen molar-refractivity contribution in [2.75, 3.05) is 31.1 Å². The fourth-order valence-corrected chi connectivity index (χ4v) is 4.82. The summed E-state index contributed by atoms with van der Waals surface area (Å²) >= 11 is 0. The zero-order chi connectivity index (χ0) is 21.2. The van der Waals surface area contributed by atoms with Crippen LogP contribution in [0, 0.1) is 12.8 Å². The topological polar surface area (TPSA) is 104 Å². The number of hydrogen-bond acceptors (Lipinski definition) is 5. The van der Waals surface area contributed by atoms with Crippen molar-refractivity contribution < 1.29 is 22.8 Å². The fourth-order valence-electron chi connectivity index (χ4n) is 3.61. The molecule has 2 aliphatic rings. The number of sulfone groups is 1. The van der Waals surface area contributed by atoms with Gasteiger partial charge in [-0.2, -0.15) is 0 Å². The van der Waals surface area contributed by atoms with E-state index in [-0.39, 0.29) is 48.7 Å². The van der Waals surface area contributed by atoms with E-state index in [1.165, 1.54) is 4.90 Å². The first-order valence-corrected chi connectivity index (χ1v) is 11.6. The fraction of sp³-hybridized carbons (Fsp3) is 0.550. The number of carbonyl (C=O) groups is 3. The summed E-state index contributed by atoms with van der Waals surface area (Å²) in [5, 5.41) is 2.69. The third kappa shape index (κ3) is 5.35. The molecule has 0 spiro atoms. The van der Waals surface area contributed by atoms with E-state index in [0.29, 0.717) is 13.1 Å². The van der Waals surface area contributed by atoms with E-state index in [2.05, 4.69) is 5.32 Å². The van der Waals surface area contributed by atoms with Gasteiger partial charge in [0.2, 0.25) is 17.7 Å². The highest BCUT2D eigenvalue weighted by Gasteiger charge is 2.36. The van der Waals surface area contributed by atoms with Gasteiger partial charge in [-0.05, 0) is 19.4 Å². The Hall–Kier alpha value is -2.42. The van der Waals surface area contributed by atoms with Gasteiger partial charge in [0.25, 0.3) is 0 Å². The Morgan fingerprint density at radius 3 is 2.41 bits per heavy atom. The van der Waals surface area contributed by atoms with E-state index >= 15 is 0 Å². The highest BCUT2D eigenvalue weighted by Crippen LogP contribution is 2.21. The number of amides is 3. The molecule has 0 aromatic heterocycles. The normalized spacial score (nSPS) is 22.4. The van der Waals surface area contributed by atoms with Crippen LogP contribution < -0.4 is 5.32 Å². The number of benzene rings is 1. The van der Waals surface area contributed by atoms with Crippen molar-refractivity contribution in [2.24, 2.45) is 5.92 Å². The summed E-state index contributed by atoms with van der Waals surface area (Å²) in [4.78, 5) is 40.5. The van der Waals surface area contributed by atoms with Gasteiger partial charge in [-0.1, -0.05) is 29.8 Å². The maximum Gasteiger partial charge on any atom is 0.244 e.